The van der Waals surface area contributed by atoms with Gasteiger partial charge in [-0.2, -0.15) is 0 Å². The van der Waals surface area contributed by atoms with Crippen LogP contribution in [0.4, 0.5) is 10.8 Å². The van der Waals surface area contributed by atoms with E-state index >= 15 is 0 Å². The van der Waals surface area contributed by atoms with Gasteiger partial charge >= 0.3 is 0 Å². The highest BCUT2D eigenvalue weighted by molar-refractivity contribution is 7.14. The molecule has 18 heavy (non-hydrogen) atoms. The molecular weight excluding hydrogens is 244 g/mol. The van der Waals surface area contributed by atoms with Gasteiger partial charge < -0.3 is 9.73 Å². The van der Waals surface area contributed by atoms with Crippen molar-refractivity contribution >= 4 is 22.2 Å². The lowest BCUT2D eigenvalue weighted by molar-refractivity contribution is 0.547. The topological polar surface area (TPSA) is 38.1 Å². The molecule has 3 aromatic rings. The maximum atomic E-state index is 5.55. The van der Waals surface area contributed by atoms with Gasteiger partial charge in [0.2, 0.25) is 0 Å². The molecular formula is C14H12N2OS. The summed E-state index contributed by atoms with van der Waals surface area (Å²) in [7, 11) is 0. The van der Waals surface area contributed by atoms with Crippen molar-refractivity contribution < 1.29 is 4.42 Å². The Balaban J connectivity index is 1.82. The number of aromatic nitrogens is 1. The van der Waals surface area contributed by atoms with Crippen LogP contribution in [0.15, 0.2) is 52.3 Å². The maximum absolute atomic E-state index is 5.55. The van der Waals surface area contributed by atoms with Gasteiger partial charge in [0.25, 0.3) is 0 Å². The molecule has 2 aromatic heterocycles. The summed E-state index contributed by atoms with van der Waals surface area (Å²) in [4.78, 5) is 4.50. The molecule has 0 saturated carbocycles. The van der Waals surface area contributed by atoms with Gasteiger partial charge in [0.1, 0.15) is 11.5 Å². The van der Waals surface area contributed by atoms with Crippen LogP contribution in [0.1, 0.15) is 5.76 Å². The molecule has 90 valence electrons. The lowest BCUT2D eigenvalue weighted by Gasteiger charge is -2.00. The molecule has 0 aliphatic carbocycles. The van der Waals surface area contributed by atoms with E-state index in [1.165, 1.54) is 0 Å². The zero-order valence-electron chi connectivity index (χ0n) is 9.88. The molecule has 4 heteroatoms. The van der Waals surface area contributed by atoms with Crippen molar-refractivity contribution in [3.8, 4) is 11.5 Å². The summed E-state index contributed by atoms with van der Waals surface area (Å²) in [5, 5.41) is 6.12. The lowest BCUT2D eigenvalue weighted by Crippen LogP contribution is -1.88. The van der Waals surface area contributed by atoms with Gasteiger partial charge in [0.05, 0.1) is 0 Å². The highest BCUT2D eigenvalue weighted by atomic mass is 32.1. The number of benzene rings is 1. The van der Waals surface area contributed by atoms with Crippen LogP contribution in [0.5, 0.6) is 0 Å². The normalized spacial score (nSPS) is 10.5. The first-order valence-corrected chi connectivity index (χ1v) is 6.53. The van der Waals surface area contributed by atoms with E-state index in [4.69, 9.17) is 4.42 Å². The molecule has 0 radical (unpaired) electrons. The standard InChI is InChI=1S/C14H12N2OS/c1-10-7-8-13(17-10)12-9-18-14(16-12)15-11-5-3-2-4-6-11/h2-9H,1H3,(H,15,16). The second-order valence-corrected chi connectivity index (χ2v) is 4.80. The summed E-state index contributed by atoms with van der Waals surface area (Å²) in [5.74, 6) is 1.71. The lowest BCUT2D eigenvalue weighted by atomic mass is 10.3. The van der Waals surface area contributed by atoms with E-state index in [1.807, 2.05) is 54.8 Å². The average molecular weight is 256 g/mol. The van der Waals surface area contributed by atoms with Gasteiger partial charge in [0, 0.05) is 11.1 Å². The summed E-state index contributed by atoms with van der Waals surface area (Å²) in [6, 6.07) is 13.9. The molecule has 0 aliphatic heterocycles. The molecule has 1 N–H and O–H groups in total. The van der Waals surface area contributed by atoms with E-state index in [-0.39, 0.29) is 0 Å². The quantitative estimate of drug-likeness (QED) is 0.752. The molecule has 0 bridgehead atoms. The fraction of sp³-hybridized carbons (Fsp3) is 0.0714. The number of hydrogen-bond donors (Lipinski definition) is 1. The molecule has 0 atom stereocenters. The first kappa shape index (κ1) is 11.0. The van der Waals surface area contributed by atoms with Crippen molar-refractivity contribution in [1.29, 1.82) is 0 Å². The summed E-state index contributed by atoms with van der Waals surface area (Å²) in [5.41, 5.74) is 1.90. The van der Waals surface area contributed by atoms with Crippen molar-refractivity contribution in [2.75, 3.05) is 5.32 Å². The van der Waals surface area contributed by atoms with Crippen molar-refractivity contribution in [3.05, 3.63) is 53.6 Å². The van der Waals surface area contributed by atoms with Crippen LogP contribution in [0, 0.1) is 6.92 Å². The summed E-state index contributed by atoms with van der Waals surface area (Å²) in [6.45, 7) is 1.93. The SMILES string of the molecule is Cc1ccc(-c2csc(Nc3ccccc3)n2)o1. The number of thiazole rings is 1. The fourth-order valence-corrected chi connectivity index (χ4v) is 2.38. The number of rotatable bonds is 3. The molecule has 3 nitrogen and oxygen atoms in total. The minimum absolute atomic E-state index is 0.810. The number of anilines is 2. The van der Waals surface area contributed by atoms with Crippen LogP contribution in [-0.2, 0) is 0 Å². The molecule has 0 aliphatic rings. The molecule has 0 fully saturated rings. The molecule has 0 spiro atoms. The highest BCUT2D eigenvalue weighted by Crippen LogP contribution is 2.28. The van der Waals surface area contributed by atoms with Gasteiger partial charge in [-0.3, -0.25) is 0 Å². The number of aryl methyl sites for hydroxylation is 1. The first-order valence-electron chi connectivity index (χ1n) is 5.66. The van der Waals surface area contributed by atoms with Crippen molar-refractivity contribution in [2.24, 2.45) is 0 Å². The predicted molar refractivity (Wildman–Crippen MR) is 74.3 cm³/mol. The Hall–Kier alpha value is -2.07. The maximum Gasteiger partial charge on any atom is 0.187 e. The van der Waals surface area contributed by atoms with Crippen molar-refractivity contribution in [3.63, 3.8) is 0 Å². The number of hydrogen-bond acceptors (Lipinski definition) is 4. The number of para-hydroxylation sites is 1. The second-order valence-electron chi connectivity index (χ2n) is 3.94. The van der Waals surface area contributed by atoms with Crippen LogP contribution in [-0.4, -0.2) is 4.98 Å². The summed E-state index contributed by atoms with van der Waals surface area (Å²) >= 11 is 1.57. The molecule has 1 aromatic carbocycles. The van der Waals surface area contributed by atoms with Gasteiger partial charge in [0.15, 0.2) is 10.9 Å². The zero-order chi connectivity index (χ0) is 12.4. The van der Waals surface area contributed by atoms with Crippen LogP contribution < -0.4 is 5.32 Å². The largest absolute Gasteiger partial charge is 0.460 e. The van der Waals surface area contributed by atoms with E-state index in [1.54, 1.807) is 11.3 Å². The number of nitrogens with one attached hydrogen (secondary N) is 1. The van der Waals surface area contributed by atoms with E-state index in [0.29, 0.717) is 0 Å². The Labute approximate surface area is 109 Å². The van der Waals surface area contributed by atoms with Gasteiger partial charge in [-0.25, -0.2) is 4.98 Å². The van der Waals surface area contributed by atoms with E-state index < -0.39 is 0 Å². The van der Waals surface area contributed by atoms with Crippen molar-refractivity contribution in [1.82, 2.24) is 4.98 Å². The van der Waals surface area contributed by atoms with Crippen LogP contribution in [0.25, 0.3) is 11.5 Å². The van der Waals surface area contributed by atoms with Gasteiger partial charge in [-0.15, -0.1) is 11.3 Å². The van der Waals surface area contributed by atoms with Crippen LogP contribution in [0.3, 0.4) is 0 Å². The zero-order valence-corrected chi connectivity index (χ0v) is 10.7. The Morgan fingerprint density at radius 2 is 1.94 bits per heavy atom. The molecule has 0 amide bonds. The summed E-state index contributed by atoms with van der Waals surface area (Å²) in [6.07, 6.45) is 0. The molecule has 0 saturated heterocycles. The average Bonchev–Trinajstić information content (AvgIpc) is 2.99. The predicted octanol–water partition coefficient (Wildman–Crippen LogP) is 4.46. The van der Waals surface area contributed by atoms with E-state index in [2.05, 4.69) is 10.3 Å². The highest BCUT2D eigenvalue weighted by Gasteiger charge is 2.07. The monoisotopic (exact) mass is 256 g/mol. The minimum Gasteiger partial charge on any atom is -0.460 e. The minimum atomic E-state index is 0.810. The van der Waals surface area contributed by atoms with Crippen molar-refractivity contribution in [2.45, 2.75) is 6.92 Å². The van der Waals surface area contributed by atoms with E-state index in [0.717, 1.165) is 28.0 Å². The molecule has 3 rings (SSSR count). The fourth-order valence-electron chi connectivity index (χ4n) is 1.66. The Kier molecular flexibility index (Phi) is 2.86. The van der Waals surface area contributed by atoms with Crippen LogP contribution in [0.2, 0.25) is 0 Å². The van der Waals surface area contributed by atoms with Gasteiger partial charge in [-0.05, 0) is 31.2 Å². The molecule has 0 unspecified atom stereocenters. The third-order valence-electron chi connectivity index (χ3n) is 2.52. The third kappa shape index (κ3) is 2.28. The first-order chi connectivity index (χ1) is 8.81. The number of nitrogens with zero attached hydrogens (tertiary/aromatic N) is 1. The van der Waals surface area contributed by atoms with Gasteiger partial charge in [-0.1, -0.05) is 18.2 Å². The number of furan rings is 1. The molecule has 2 heterocycles. The summed E-state index contributed by atoms with van der Waals surface area (Å²) < 4.78 is 5.55. The smallest absolute Gasteiger partial charge is 0.187 e. The second kappa shape index (κ2) is 4.66. The Morgan fingerprint density at radius 1 is 1.11 bits per heavy atom. The third-order valence-corrected chi connectivity index (χ3v) is 3.28. The van der Waals surface area contributed by atoms with E-state index in [9.17, 15) is 0 Å². The Bertz CT molecular complexity index is 643. The van der Waals surface area contributed by atoms with Crippen LogP contribution >= 0.6 is 11.3 Å². The Morgan fingerprint density at radius 3 is 2.67 bits per heavy atom.